The summed E-state index contributed by atoms with van der Waals surface area (Å²) in [5, 5.41) is 2.25. The topological polar surface area (TPSA) is 43.4 Å². The van der Waals surface area contributed by atoms with Crippen molar-refractivity contribution >= 4 is 22.3 Å². The van der Waals surface area contributed by atoms with Crippen molar-refractivity contribution in [2.24, 2.45) is 0 Å². The summed E-state index contributed by atoms with van der Waals surface area (Å²) in [6, 6.07) is 12.0. The predicted octanol–water partition coefficient (Wildman–Crippen LogP) is 2.96. The summed E-state index contributed by atoms with van der Waals surface area (Å²) in [7, 11) is 0. The van der Waals surface area contributed by atoms with Gasteiger partial charge in [-0.2, -0.15) is 0 Å². The maximum atomic E-state index is 12.0. The Morgan fingerprint density at radius 2 is 1.75 bits per heavy atom. The highest BCUT2D eigenvalue weighted by Gasteiger charge is 2.32. The summed E-state index contributed by atoms with van der Waals surface area (Å²) in [6.45, 7) is 0. The lowest BCUT2D eigenvalue weighted by Crippen LogP contribution is -2.25. The fraction of sp³-hybridized carbons (Fsp3) is 0.176. The zero-order chi connectivity index (χ0) is 13.7. The van der Waals surface area contributed by atoms with E-state index in [1.165, 1.54) is 0 Å². The SMILES string of the molecule is O=C1CC(=O)C2=C(C1)Oc1ccc3ccccc3c1C2. The van der Waals surface area contributed by atoms with Crippen LogP contribution in [0.25, 0.3) is 10.8 Å². The van der Waals surface area contributed by atoms with Gasteiger partial charge in [-0.25, -0.2) is 0 Å². The molecule has 0 radical (unpaired) electrons. The van der Waals surface area contributed by atoms with Crippen LogP contribution in [0, 0.1) is 0 Å². The molecule has 3 heteroatoms. The average Bonchev–Trinajstić information content (AvgIpc) is 2.45. The molecule has 0 saturated heterocycles. The van der Waals surface area contributed by atoms with Crippen molar-refractivity contribution in [3.8, 4) is 5.75 Å². The van der Waals surface area contributed by atoms with Crippen LogP contribution in [0.15, 0.2) is 47.7 Å². The van der Waals surface area contributed by atoms with E-state index < -0.39 is 0 Å². The number of hydrogen-bond donors (Lipinski definition) is 0. The van der Waals surface area contributed by atoms with E-state index in [-0.39, 0.29) is 24.4 Å². The zero-order valence-electron chi connectivity index (χ0n) is 10.8. The minimum atomic E-state index is -0.0881. The Kier molecular flexibility index (Phi) is 2.30. The number of carbonyl (C=O) groups is 2. The van der Waals surface area contributed by atoms with Gasteiger partial charge in [-0.05, 0) is 16.8 Å². The zero-order valence-corrected chi connectivity index (χ0v) is 10.8. The first-order chi connectivity index (χ1) is 9.72. The number of hydrogen-bond acceptors (Lipinski definition) is 3. The Hall–Kier alpha value is -2.42. The van der Waals surface area contributed by atoms with Crippen molar-refractivity contribution in [1.29, 1.82) is 0 Å². The van der Waals surface area contributed by atoms with E-state index in [9.17, 15) is 9.59 Å². The van der Waals surface area contributed by atoms with Crippen molar-refractivity contribution in [2.75, 3.05) is 0 Å². The van der Waals surface area contributed by atoms with E-state index in [2.05, 4.69) is 0 Å². The average molecular weight is 264 g/mol. The molecule has 98 valence electrons. The first-order valence-electron chi connectivity index (χ1n) is 6.68. The Bertz CT molecular complexity index is 799. The maximum absolute atomic E-state index is 12.0. The van der Waals surface area contributed by atoms with Gasteiger partial charge >= 0.3 is 0 Å². The second kappa shape index (κ2) is 4.04. The second-order valence-corrected chi connectivity index (χ2v) is 5.26. The van der Waals surface area contributed by atoms with Gasteiger partial charge in [0, 0.05) is 17.6 Å². The number of Topliss-reactive ketones (excluding diaryl/α,β-unsaturated/α-hetero) is 2. The van der Waals surface area contributed by atoms with Crippen molar-refractivity contribution in [3.63, 3.8) is 0 Å². The molecule has 0 aromatic heterocycles. The van der Waals surface area contributed by atoms with Gasteiger partial charge in [0.25, 0.3) is 0 Å². The maximum Gasteiger partial charge on any atom is 0.169 e. The number of rotatable bonds is 0. The van der Waals surface area contributed by atoms with Gasteiger partial charge in [0.15, 0.2) is 5.78 Å². The van der Waals surface area contributed by atoms with Crippen LogP contribution >= 0.6 is 0 Å². The standard InChI is InChI=1S/C17H12O3/c18-11-7-15(19)14-9-13-12-4-2-1-3-10(12)5-6-16(13)20-17(14)8-11/h1-6H,7-9H2. The predicted molar refractivity (Wildman–Crippen MR) is 74.6 cm³/mol. The largest absolute Gasteiger partial charge is 0.461 e. The third-order valence-electron chi connectivity index (χ3n) is 3.97. The van der Waals surface area contributed by atoms with Crippen LogP contribution in [-0.4, -0.2) is 11.6 Å². The van der Waals surface area contributed by atoms with E-state index in [4.69, 9.17) is 4.74 Å². The van der Waals surface area contributed by atoms with Gasteiger partial charge in [-0.15, -0.1) is 0 Å². The molecule has 0 N–H and O–H groups in total. The third kappa shape index (κ3) is 1.59. The number of ketones is 2. The van der Waals surface area contributed by atoms with Crippen LogP contribution in [0.2, 0.25) is 0 Å². The van der Waals surface area contributed by atoms with Gasteiger partial charge in [0.1, 0.15) is 17.3 Å². The molecule has 0 atom stereocenters. The molecule has 2 aromatic rings. The van der Waals surface area contributed by atoms with Crippen LogP contribution < -0.4 is 4.74 Å². The van der Waals surface area contributed by atoms with Gasteiger partial charge in [0.2, 0.25) is 0 Å². The Morgan fingerprint density at radius 1 is 0.900 bits per heavy atom. The number of ether oxygens (including phenoxy) is 1. The molecule has 0 fully saturated rings. The number of fused-ring (bicyclic) bond motifs is 3. The summed E-state index contributed by atoms with van der Waals surface area (Å²) < 4.78 is 5.82. The molecule has 0 spiro atoms. The molecule has 0 unspecified atom stereocenters. The molecule has 3 nitrogen and oxygen atoms in total. The molecule has 1 heterocycles. The van der Waals surface area contributed by atoms with E-state index in [1.807, 2.05) is 36.4 Å². The minimum absolute atomic E-state index is 0.0162. The van der Waals surface area contributed by atoms with Crippen molar-refractivity contribution in [2.45, 2.75) is 19.3 Å². The van der Waals surface area contributed by atoms with Crippen LogP contribution in [0.3, 0.4) is 0 Å². The van der Waals surface area contributed by atoms with Gasteiger partial charge < -0.3 is 4.74 Å². The Balaban J connectivity index is 1.89. The lowest BCUT2D eigenvalue weighted by atomic mass is 9.87. The lowest BCUT2D eigenvalue weighted by molar-refractivity contribution is -0.126. The smallest absolute Gasteiger partial charge is 0.169 e. The summed E-state index contributed by atoms with van der Waals surface area (Å²) in [6.07, 6.45) is 0.827. The molecule has 20 heavy (non-hydrogen) atoms. The summed E-state index contributed by atoms with van der Waals surface area (Å²) >= 11 is 0. The third-order valence-corrected chi connectivity index (χ3v) is 3.97. The van der Waals surface area contributed by atoms with Gasteiger partial charge in [-0.3, -0.25) is 9.59 Å². The van der Waals surface area contributed by atoms with Crippen LogP contribution in [0.1, 0.15) is 18.4 Å². The highest BCUT2D eigenvalue weighted by Crippen LogP contribution is 2.38. The molecule has 0 amide bonds. The minimum Gasteiger partial charge on any atom is -0.461 e. The number of carbonyl (C=O) groups excluding carboxylic acids is 2. The number of allylic oxidation sites excluding steroid dienone is 2. The Labute approximate surface area is 115 Å². The van der Waals surface area contributed by atoms with Crippen LogP contribution in [0.4, 0.5) is 0 Å². The highest BCUT2D eigenvalue weighted by molar-refractivity contribution is 6.12. The summed E-state index contributed by atoms with van der Waals surface area (Å²) in [5.41, 5.74) is 1.72. The quantitative estimate of drug-likeness (QED) is 0.687. The molecule has 4 rings (SSSR count). The molecule has 0 bridgehead atoms. The fourth-order valence-corrected chi connectivity index (χ4v) is 2.99. The monoisotopic (exact) mass is 264 g/mol. The van der Waals surface area contributed by atoms with E-state index in [0.717, 1.165) is 22.1 Å². The normalized spacial score (nSPS) is 17.8. The molecule has 0 saturated carbocycles. The van der Waals surface area contributed by atoms with Crippen molar-refractivity contribution in [3.05, 3.63) is 53.3 Å². The van der Waals surface area contributed by atoms with E-state index in [0.29, 0.717) is 17.8 Å². The molecule has 2 aliphatic rings. The van der Waals surface area contributed by atoms with Gasteiger partial charge in [0.05, 0.1) is 12.8 Å². The fourth-order valence-electron chi connectivity index (χ4n) is 2.99. The first kappa shape index (κ1) is 11.4. The highest BCUT2D eigenvalue weighted by atomic mass is 16.5. The lowest BCUT2D eigenvalue weighted by Gasteiger charge is -2.26. The molecular weight excluding hydrogens is 252 g/mol. The summed E-state index contributed by atoms with van der Waals surface area (Å²) in [5.74, 6) is 1.17. The number of benzene rings is 2. The first-order valence-corrected chi connectivity index (χ1v) is 6.68. The van der Waals surface area contributed by atoms with Crippen LogP contribution in [-0.2, 0) is 16.0 Å². The Morgan fingerprint density at radius 3 is 2.65 bits per heavy atom. The molecular formula is C17H12O3. The molecule has 2 aromatic carbocycles. The van der Waals surface area contributed by atoms with Gasteiger partial charge in [-0.1, -0.05) is 30.3 Å². The molecule has 1 aliphatic heterocycles. The van der Waals surface area contributed by atoms with Crippen molar-refractivity contribution in [1.82, 2.24) is 0 Å². The molecule has 1 aliphatic carbocycles. The second-order valence-electron chi connectivity index (χ2n) is 5.26. The van der Waals surface area contributed by atoms with Crippen LogP contribution in [0.5, 0.6) is 5.75 Å². The van der Waals surface area contributed by atoms with Crippen molar-refractivity contribution < 1.29 is 14.3 Å². The van der Waals surface area contributed by atoms with E-state index >= 15 is 0 Å². The summed E-state index contributed by atoms with van der Waals surface area (Å²) in [4.78, 5) is 23.5. The van der Waals surface area contributed by atoms with E-state index in [1.54, 1.807) is 0 Å².